The number of benzene rings is 2. The average Bonchev–Trinajstić information content (AvgIpc) is 2.85. The quantitative estimate of drug-likeness (QED) is 0.637. The maximum absolute atomic E-state index is 12.5. The maximum atomic E-state index is 12.5. The molecule has 3 rings (SSSR count). The topological polar surface area (TPSA) is 37.4 Å². The van der Waals surface area contributed by atoms with Crippen molar-refractivity contribution in [3.05, 3.63) is 81.2 Å². The van der Waals surface area contributed by atoms with Crippen molar-refractivity contribution in [2.75, 3.05) is 4.90 Å². The molecule has 6 heteroatoms. The van der Waals surface area contributed by atoms with E-state index in [0.717, 1.165) is 22.2 Å². The molecular formula is C18H11Cl2NO2S. The Kier molecular flexibility index (Phi) is 5.09. The van der Waals surface area contributed by atoms with E-state index >= 15 is 0 Å². The summed E-state index contributed by atoms with van der Waals surface area (Å²) in [7, 11) is 0. The highest BCUT2D eigenvalue weighted by atomic mass is 35.5. The molecule has 0 radical (unpaired) electrons. The zero-order chi connectivity index (χ0) is 17.1. The molecule has 0 unspecified atom stereocenters. The molecule has 0 aromatic heterocycles. The van der Waals surface area contributed by atoms with Crippen molar-refractivity contribution in [3.8, 4) is 0 Å². The van der Waals surface area contributed by atoms with Gasteiger partial charge in [-0.1, -0.05) is 65.7 Å². The van der Waals surface area contributed by atoms with Gasteiger partial charge in [0.2, 0.25) is 0 Å². The van der Waals surface area contributed by atoms with Gasteiger partial charge in [0, 0.05) is 0 Å². The number of rotatable bonds is 3. The van der Waals surface area contributed by atoms with Gasteiger partial charge < -0.3 is 0 Å². The predicted molar refractivity (Wildman–Crippen MR) is 100 cm³/mol. The molecule has 3 nitrogen and oxygen atoms in total. The number of hydrogen-bond donors (Lipinski definition) is 0. The smallest absolute Gasteiger partial charge is 0.268 e. The largest absolute Gasteiger partial charge is 0.298 e. The monoisotopic (exact) mass is 375 g/mol. The second kappa shape index (κ2) is 7.26. The van der Waals surface area contributed by atoms with E-state index in [1.54, 1.807) is 24.3 Å². The summed E-state index contributed by atoms with van der Waals surface area (Å²) < 4.78 is 0. The van der Waals surface area contributed by atoms with Gasteiger partial charge in [-0.3, -0.25) is 9.59 Å². The van der Waals surface area contributed by atoms with E-state index in [1.807, 2.05) is 36.4 Å². The van der Waals surface area contributed by atoms with Crippen molar-refractivity contribution >= 4 is 57.9 Å². The third-order valence-corrected chi connectivity index (χ3v) is 4.92. The molecule has 0 spiro atoms. The number of imide groups is 1. The zero-order valence-electron chi connectivity index (χ0n) is 12.3. The number of thioether (sulfide) groups is 1. The number of allylic oxidation sites excluding steroid dienone is 2. The summed E-state index contributed by atoms with van der Waals surface area (Å²) in [5.41, 5.74) is 1.42. The normalized spacial score (nSPS) is 16.6. The second-order valence-electron chi connectivity index (χ2n) is 4.91. The minimum atomic E-state index is -0.374. The van der Waals surface area contributed by atoms with E-state index in [1.165, 1.54) is 6.07 Å². The highest BCUT2D eigenvalue weighted by Gasteiger charge is 2.36. The summed E-state index contributed by atoms with van der Waals surface area (Å²) >= 11 is 12.7. The van der Waals surface area contributed by atoms with Crippen LogP contribution in [0.2, 0.25) is 10.0 Å². The minimum Gasteiger partial charge on any atom is -0.268 e. The Morgan fingerprint density at radius 2 is 1.71 bits per heavy atom. The van der Waals surface area contributed by atoms with Crippen molar-refractivity contribution in [2.24, 2.45) is 0 Å². The van der Waals surface area contributed by atoms with Crippen molar-refractivity contribution in [2.45, 2.75) is 0 Å². The number of amides is 2. The van der Waals surface area contributed by atoms with Gasteiger partial charge in [-0.15, -0.1) is 0 Å². The lowest BCUT2D eigenvalue weighted by Gasteiger charge is -2.12. The standard InChI is InChI=1S/C18H11Cl2NO2S/c19-14-10-9-13(11-15(14)20)21-17(22)16(24-18(21)23)8-4-7-12-5-2-1-3-6-12/h1-11H/b7-4+,16-8-. The van der Waals surface area contributed by atoms with E-state index in [-0.39, 0.29) is 11.1 Å². The summed E-state index contributed by atoms with van der Waals surface area (Å²) in [6.07, 6.45) is 5.25. The Hall–Kier alpha value is -2.01. The molecule has 0 N–H and O–H groups in total. The zero-order valence-corrected chi connectivity index (χ0v) is 14.6. The van der Waals surface area contributed by atoms with Gasteiger partial charge in [0.15, 0.2) is 0 Å². The van der Waals surface area contributed by atoms with Crippen LogP contribution in [0.1, 0.15) is 5.56 Å². The van der Waals surface area contributed by atoms with Crippen LogP contribution in [0.15, 0.2) is 65.6 Å². The molecule has 120 valence electrons. The van der Waals surface area contributed by atoms with Gasteiger partial charge in [0.05, 0.1) is 20.6 Å². The molecule has 0 bridgehead atoms. The molecule has 1 aliphatic heterocycles. The fourth-order valence-electron chi connectivity index (χ4n) is 2.14. The van der Waals surface area contributed by atoms with Gasteiger partial charge in [-0.2, -0.15) is 0 Å². The van der Waals surface area contributed by atoms with Crippen LogP contribution in [0, 0.1) is 0 Å². The first-order chi connectivity index (χ1) is 11.6. The number of anilines is 1. The lowest BCUT2D eigenvalue weighted by atomic mass is 10.2. The molecule has 0 saturated carbocycles. The fourth-order valence-corrected chi connectivity index (χ4v) is 3.22. The summed E-state index contributed by atoms with van der Waals surface area (Å²) in [6, 6.07) is 14.3. The number of hydrogen-bond acceptors (Lipinski definition) is 3. The van der Waals surface area contributed by atoms with E-state index < -0.39 is 0 Å². The molecule has 1 aliphatic rings. The van der Waals surface area contributed by atoms with Crippen LogP contribution in [0.3, 0.4) is 0 Å². The summed E-state index contributed by atoms with van der Waals surface area (Å²) in [5.74, 6) is -0.374. The van der Waals surface area contributed by atoms with Crippen molar-refractivity contribution in [1.29, 1.82) is 0 Å². The Morgan fingerprint density at radius 3 is 2.42 bits per heavy atom. The lowest BCUT2D eigenvalue weighted by molar-refractivity contribution is -0.113. The minimum absolute atomic E-state index is 0.293. The van der Waals surface area contributed by atoms with Gasteiger partial charge in [0.25, 0.3) is 11.1 Å². The van der Waals surface area contributed by atoms with Crippen LogP contribution >= 0.6 is 35.0 Å². The van der Waals surface area contributed by atoms with Crippen LogP contribution in [-0.2, 0) is 4.79 Å². The molecule has 0 atom stereocenters. The van der Waals surface area contributed by atoms with E-state index in [0.29, 0.717) is 20.6 Å². The van der Waals surface area contributed by atoms with Crippen molar-refractivity contribution < 1.29 is 9.59 Å². The molecule has 1 saturated heterocycles. The van der Waals surface area contributed by atoms with Crippen LogP contribution < -0.4 is 4.90 Å². The highest BCUT2D eigenvalue weighted by Crippen LogP contribution is 2.36. The average molecular weight is 376 g/mol. The van der Waals surface area contributed by atoms with Crippen LogP contribution in [0.4, 0.5) is 10.5 Å². The molecule has 2 amide bonds. The van der Waals surface area contributed by atoms with Gasteiger partial charge in [-0.25, -0.2) is 4.90 Å². The third kappa shape index (κ3) is 3.56. The Morgan fingerprint density at radius 1 is 0.958 bits per heavy atom. The SMILES string of the molecule is O=C1S/C(=C\C=C\c2ccccc2)C(=O)N1c1ccc(Cl)c(Cl)c1. The Bertz CT molecular complexity index is 863. The van der Waals surface area contributed by atoms with E-state index in [9.17, 15) is 9.59 Å². The van der Waals surface area contributed by atoms with Crippen LogP contribution in [0.5, 0.6) is 0 Å². The summed E-state index contributed by atoms with van der Waals surface area (Å²) in [5, 5.41) is 0.299. The second-order valence-corrected chi connectivity index (χ2v) is 6.72. The Labute approximate surface area is 153 Å². The summed E-state index contributed by atoms with van der Waals surface area (Å²) in [4.78, 5) is 26.1. The number of carbonyl (C=O) groups excluding carboxylic acids is 2. The molecule has 24 heavy (non-hydrogen) atoms. The lowest BCUT2D eigenvalue weighted by Crippen LogP contribution is -2.27. The van der Waals surface area contributed by atoms with Crippen LogP contribution in [-0.4, -0.2) is 11.1 Å². The van der Waals surface area contributed by atoms with Gasteiger partial charge in [-0.05, 0) is 41.6 Å². The molecule has 0 aliphatic carbocycles. The molecule has 1 fully saturated rings. The molecule has 1 heterocycles. The number of carbonyl (C=O) groups is 2. The Balaban J connectivity index is 1.82. The van der Waals surface area contributed by atoms with E-state index in [2.05, 4.69) is 0 Å². The van der Waals surface area contributed by atoms with Crippen molar-refractivity contribution in [1.82, 2.24) is 0 Å². The van der Waals surface area contributed by atoms with Crippen molar-refractivity contribution in [3.63, 3.8) is 0 Å². The van der Waals surface area contributed by atoms with Gasteiger partial charge in [0.1, 0.15) is 0 Å². The van der Waals surface area contributed by atoms with Gasteiger partial charge >= 0.3 is 0 Å². The van der Waals surface area contributed by atoms with E-state index in [4.69, 9.17) is 23.2 Å². The first-order valence-corrected chi connectivity index (χ1v) is 8.58. The predicted octanol–water partition coefficient (Wildman–Crippen LogP) is 5.79. The molecular weight excluding hydrogens is 365 g/mol. The first kappa shape index (κ1) is 16.8. The fraction of sp³-hybridized carbons (Fsp3) is 0. The summed E-state index contributed by atoms with van der Waals surface area (Å²) in [6.45, 7) is 0. The molecule has 2 aromatic carbocycles. The first-order valence-electron chi connectivity index (χ1n) is 7.01. The third-order valence-electron chi connectivity index (χ3n) is 3.29. The number of nitrogens with zero attached hydrogens (tertiary/aromatic N) is 1. The highest BCUT2D eigenvalue weighted by molar-refractivity contribution is 8.18. The number of halogens is 2. The maximum Gasteiger partial charge on any atom is 0.298 e. The molecule has 2 aromatic rings. The van der Waals surface area contributed by atoms with Crippen LogP contribution in [0.25, 0.3) is 6.08 Å².